The van der Waals surface area contributed by atoms with E-state index in [9.17, 15) is 0 Å². The summed E-state index contributed by atoms with van der Waals surface area (Å²) in [7, 11) is 0. The van der Waals surface area contributed by atoms with Crippen molar-refractivity contribution in [1.29, 1.82) is 0 Å². The van der Waals surface area contributed by atoms with Gasteiger partial charge in [0, 0.05) is 10.8 Å². The summed E-state index contributed by atoms with van der Waals surface area (Å²) in [4.78, 5) is 0. The molecule has 4 aromatic carbocycles. The molecule has 0 radical (unpaired) electrons. The van der Waals surface area contributed by atoms with Crippen molar-refractivity contribution in [3.05, 3.63) is 83.9 Å². The second-order valence-corrected chi connectivity index (χ2v) is 6.59. The summed E-state index contributed by atoms with van der Waals surface area (Å²) < 4.78 is 6.06. The van der Waals surface area contributed by atoms with E-state index >= 15 is 0 Å². The van der Waals surface area contributed by atoms with E-state index in [1.807, 2.05) is 12.1 Å². The lowest BCUT2D eigenvalue weighted by Crippen LogP contribution is -1.83. The molecule has 1 heteroatoms. The molecule has 1 aliphatic rings. The Labute approximate surface area is 139 Å². The molecule has 24 heavy (non-hydrogen) atoms. The largest absolute Gasteiger partial charge is 0.456 e. The average molecular weight is 306 g/mol. The summed E-state index contributed by atoms with van der Waals surface area (Å²) in [5.74, 6) is 0. The molecule has 0 unspecified atom stereocenters. The smallest absolute Gasteiger partial charge is 0.135 e. The van der Waals surface area contributed by atoms with E-state index in [4.69, 9.17) is 4.42 Å². The topological polar surface area (TPSA) is 13.1 Å². The average Bonchev–Trinajstić information content (AvgIpc) is 3.17. The molecule has 1 aromatic heterocycles. The van der Waals surface area contributed by atoms with E-state index in [2.05, 4.69) is 60.7 Å². The van der Waals surface area contributed by atoms with E-state index in [0.29, 0.717) is 0 Å². The highest BCUT2D eigenvalue weighted by molar-refractivity contribution is 6.08. The Hall–Kier alpha value is -3.06. The molecule has 0 bridgehead atoms. The highest BCUT2D eigenvalue weighted by Gasteiger charge is 2.22. The molecule has 1 aliphatic carbocycles. The highest BCUT2D eigenvalue weighted by atomic mass is 16.3. The van der Waals surface area contributed by atoms with Gasteiger partial charge in [-0.15, -0.1) is 0 Å². The lowest BCUT2D eigenvalue weighted by Gasteiger charge is -2.05. The number of fused-ring (bicyclic) bond motifs is 8. The maximum Gasteiger partial charge on any atom is 0.135 e. The van der Waals surface area contributed by atoms with Crippen molar-refractivity contribution >= 4 is 32.7 Å². The van der Waals surface area contributed by atoms with Crippen LogP contribution in [0.25, 0.3) is 43.8 Å². The van der Waals surface area contributed by atoms with Gasteiger partial charge in [-0.25, -0.2) is 0 Å². The third kappa shape index (κ3) is 1.49. The Bertz CT molecular complexity index is 1270. The molecule has 0 saturated heterocycles. The highest BCUT2D eigenvalue weighted by Crippen LogP contribution is 2.43. The summed E-state index contributed by atoms with van der Waals surface area (Å²) in [6.07, 6.45) is 0.985. The van der Waals surface area contributed by atoms with Gasteiger partial charge in [0.05, 0.1) is 0 Å². The van der Waals surface area contributed by atoms with Crippen LogP contribution in [0.4, 0.5) is 0 Å². The number of hydrogen-bond donors (Lipinski definition) is 0. The summed E-state index contributed by atoms with van der Waals surface area (Å²) in [6.45, 7) is 0. The van der Waals surface area contributed by atoms with Gasteiger partial charge < -0.3 is 4.42 Å². The Kier molecular flexibility index (Phi) is 2.20. The molecule has 0 amide bonds. The standard InChI is InChI=1S/C23H14O/c1-2-6-16-14(5-1)9-10-17-19-13-21-18-7-3-4-8-22(18)24-23(21)12-15(19)11-20(16)17/h1-10,12-13H,11H2. The van der Waals surface area contributed by atoms with Crippen LogP contribution in [0.15, 0.2) is 77.2 Å². The first-order chi connectivity index (χ1) is 11.9. The van der Waals surface area contributed by atoms with Gasteiger partial charge >= 0.3 is 0 Å². The molecular weight excluding hydrogens is 292 g/mol. The van der Waals surface area contributed by atoms with Crippen molar-refractivity contribution in [3.63, 3.8) is 0 Å². The molecule has 0 N–H and O–H groups in total. The van der Waals surface area contributed by atoms with Gasteiger partial charge in [0.15, 0.2) is 0 Å². The molecule has 5 aromatic rings. The van der Waals surface area contributed by atoms with Crippen LogP contribution in [0.2, 0.25) is 0 Å². The van der Waals surface area contributed by atoms with Gasteiger partial charge in [0.1, 0.15) is 11.2 Å². The van der Waals surface area contributed by atoms with Crippen LogP contribution in [0.1, 0.15) is 11.1 Å². The van der Waals surface area contributed by atoms with Gasteiger partial charge in [-0.2, -0.15) is 0 Å². The first-order valence-electron chi connectivity index (χ1n) is 8.34. The van der Waals surface area contributed by atoms with Crippen LogP contribution in [0.5, 0.6) is 0 Å². The molecule has 1 heterocycles. The minimum absolute atomic E-state index is 0.968. The number of furan rings is 1. The summed E-state index contributed by atoms with van der Waals surface area (Å²) >= 11 is 0. The minimum Gasteiger partial charge on any atom is -0.456 e. The van der Waals surface area contributed by atoms with Crippen LogP contribution in [0.3, 0.4) is 0 Å². The summed E-state index contributed by atoms with van der Waals surface area (Å²) in [5, 5.41) is 5.10. The molecule has 0 atom stereocenters. The predicted octanol–water partition coefficient (Wildman–Crippen LogP) is 6.31. The summed E-state index contributed by atoms with van der Waals surface area (Å²) in [5.41, 5.74) is 7.50. The molecule has 112 valence electrons. The second kappa shape index (κ2) is 4.27. The first-order valence-corrected chi connectivity index (χ1v) is 8.34. The zero-order chi connectivity index (χ0) is 15.7. The van der Waals surface area contributed by atoms with Crippen LogP contribution in [0, 0.1) is 0 Å². The number of benzene rings is 4. The maximum atomic E-state index is 6.06. The molecule has 0 aliphatic heterocycles. The number of rotatable bonds is 0. The Balaban J connectivity index is 1.71. The molecular formula is C23H14O. The van der Waals surface area contributed by atoms with E-state index < -0.39 is 0 Å². The lowest BCUT2D eigenvalue weighted by molar-refractivity contribution is 0.668. The van der Waals surface area contributed by atoms with Crippen molar-refractivity contribution in [3.8, 4) is 11.1 Å². The van der Waals surface area contributed by atoms with Crippen molar-refractivity contribution in [2.24, 2.45) is 0 Å². The lowest BCUT2D eigenvalue weighted by atomic mass is 9.99. The number of hydrogen-bond acceptors (Lipinski definition) is 1. The normalized spacial score (nSPS) is 12.8. The first kappa shape index (κ1) is 12.4. The maximum absolute atomic E-state index is 6.06. The fraction of sp³-hybridized carbons (Fsp3) is 0.0435. The third-order valence-electron chi connectivity index (χ3n) is 5.30. The van der Waals surface area contributed by atoms with Crippen molar-refractivity contribution in [2.45, 2.75) is 6.42 Å². The van der Waals surface area contributed by atoms with Crippen LogP contribution < -0.4 is 0 Å². The van der Waals surface area contributed by atoms with E-state index in [1.165, 1.54) is 43.8 Å². The summed E-state index contributed by atoms with van der Waals surface area (Å²) in [6, 6.07) is 26.0. The third-order valence-corrected chi connectivity index (χ3v) is 5.30. The van der Waals surface area contributed by atoms with Gasteiger partial charge in [-0.3, -0.25) is 0 Å². The Morgan fingerprint density at radius 3 is 2.42 bits per heavy atom. The molecule has 1 nitrogen and oxygen atoms in total. The van der Waals surface area contributed by atoms with Crippen molar-refractivity contribution < 1.29 is 4.42 Å². The zero-order valence-corrected chi connectivity index (χ0v) is 13.0. The molecule has 6 rings (SSSR count). The van der Waals surface area contributed by atoms with E-state index in [0.717, 1.165) is 17.6 Å². The van der Waals surface area contributed by atoms with E-state index in [1.54, 1.807) is 0 Å². The fourth-order valence-corrected chi connectivity index (χ4v) is 4.18. The minimum atomic E-state index is 0.968. The second-order valence-electron chi connectivity index (χ2n) is 6.59. The van der Waals surface area contributed by atoms with Crippen LogP contribution in [-0.2, 0) is 6.42 Å². The SMILES string of the molecule is c1ccc2c3c(ccc2c1)-c1cc2c(cc1C3)oc1ccccc12. The monoisotopic (exact) mass is 306 g/mol. The van der Waals surface area contributed by atoms with Crippen LogP contribution in [-0.4, -0.2) is 0 Å². The zero-order valence-electron chi connectivity index (χ0n) is 13.0. The number of para-hydroxylation sites is 1. The fourth-order valence-electron chi connectivity index (χ4n) is 4.18. The molecule has 0 fully saturated rings. The molecule has 0 spiro atoms. The van der Waals surface area contributed by atoms with Gasteiger partial charge in [-0.05, 0) is 57.6 Å². The van der Waals surface area contributed by atoms with Crippen molar-refractivity contribution in [2.75, 3.05) is 0 Å². The van der Waals surface area contributed by atoms with Gasteiger partial charge in [0.25, 0.3) is 0 Å². The Morgan fingerprint density at radius 1 is 0.625 bits per heavy atom. The van der Waals surface area contributed by atoms with Gasteiger partial charge in [-0.1, -0.05) is 54.6 Å². The van der Waals surface area contributed by atoms with Crippen LogP contribution >= 0.6 is 0 Å². The van der Waals surface area contributed by atoms with Gasteiger partial charge in [0.2, 0.25) is 0 Å². The predicted molar refractivity (Wildman–Crippen MR) is 99.5 cm³/mol. The van der Waals surface area contributed by atoms with Crippen molar-refractivity contribution in [1.82, 2.24) is 0 Å². The molecule has 0 saturated carbocycles. The van der Waals surface area contributed by atoms with E-state index in [-0.39, 0.29) is 0 Å². The quantitative estimate of drug-likeness (QED) is 0.320. The Morgan fingerprint density at radius 2 is 1.46 bits per heavy atom.